The van der Waals surface area contributed by atoms with Crippen molar-refractivity contribution in [2.24, 2.45) is 23.7 Å². The highest BCUT2D eigenvalue weighted by Gasteiger charge is 2.62. The highest BCUT2D eigenvalue weighted by Crippen LogP contribution is 2.56. The van der Waals surface area contributed by atoms with Crippen molar-refractivity contribution in [3.05, 3.63) is 34.3 Å². The topological polar surface area (TPSA) is 80.8 Å². The van der Waals surface area contributed by atoms with Gasteiger partial charge in [0, 0.05) is 10.0 Å². The Labute approximate surface area is 165 Å². The molecule has 5 atom stereocenters. The van der Waals surface area contributed by atoms with Crippen LogP contribution in [0.25, 0.3) is 0 Å². The van der Waals surface area contributed by atoms with Crippen molar-refractivity contribution in [2.75, 3.05) is 6.61 Å². The Kier molecular flexibility index (Phi) is 4.66. The highest BCUT2D eigenvalue weighted by molar-refractivity contribution is 9.10. The smallest absolute Gasteiger partial charge is 0.329 e. The van der Waals surface area contributed by atoms with Gasteiger partial charge in [-0.1, -0.05) is 28.1 Å². The van der Waals surface area contributed by atoms with Crippen LogP contribution in [0.1, 0.15) is 36.5 Å². The largest absolute Gasteiger partial charge is 0.456 e. The van der Waals surface area contributed by atoms with E-state index in [4.69, 9.17) is 4.74 Å². The molecule has 3 aliphatic rings. The number of hydrogen-bond acceptors (Lipinski definition) is 5. The number of benzene rings is 1. The Balaban J connectivity index is 1.39. The molecule has 1 aromatic rings. The number of Topliss-reactive ketones (excluding diaryl/α,β-unsaturated/α-hetero) is 1. The number of carbonyl (C=O) groups excluding carboxylic acids is 4. The van der Waals surface area contributed by atoms with Crippen molar-refractivity contribution in [1.29, 1.82) is 0 Å². The fourth-order valence-electron chi connectivity index (χ4n) is 4.90. The van der Waals surface area contributed by atoms with E-state index in [-0.39, 0.29) is 41.3 Å². The minimum absolute atomic E-state index is 0.249. The van der Waals surface area contributed by atoms with Gasteiger partial charge in [-0.25, -0.2) is 4.79 Å². The van der Waals surface area contributed by atoms with Crippen LogP contribution in [0, 0.1) is 23.7 Å². The number of amides is 2. The van der Waals surface area contributed by atoms with Crippen molar-refractivity contribution in [2.45, 2.75) is 32.2 Å². The van der Waals surface area contributed by atoms with Gasteiger partial charge in [0.25, 0.3) is 0 Å². The number of ketones is 1. The molecule has 0 spiro atoms. The third-order valence-electron chi connectivity index (χ3n) is 6.20. The maximum Gasteiger partial charge on any atom is 0.329 e. The first-order chi connectivity index (χ1) is 12.9. The molecule has 1 heterocycles. The van der Waals surface area contributed by atoms with Crippen LogP contribution in [-0.4, -0.2) is 41.1 Å². The summed E-state index contributed by atoms with van der Waals surface area (Å²) in [4.78, 5) is 51.1. The van der Waals surface area contributed by atoms with Gasteiger partial charge < -0.3 is 4.74 Å². The zero-order valence-corrected chi connectivity index (χ0v) is 16.5. The lowest BCUT2D eigenvalue weighted by molar-refractivity contribution is -0.157. The second-order valence-electron chi connectivity index (χ2n) is 7.65. The van der Waals surface area contributed by atoms with E-state index < -0.39 is 18.6 Å². The van der Waals surface area contributed by atoms with Crippen molar-refractivity contribution < 1.29 is 23.9 Å². The summed E-state index contributed by atoms with van der Waals surface area (Å²) in [6, 6.07) is 5.72. The number of carbonyl (C=O) groups is 4. The number of nitrogens with zero attached hydrogens (tertiary/aromatic N) is 1. The molecule has 27 heavy (non-hydrogen) atoms. The van der Waals surface area contributed by atoms with Gasteiger partial charge in [-0.15, -0.1) is 0 Å². The summed E-state index contributed by atoms with van der Waals surface area (Å²) in [5, 5.41) is 0. The third-order valence-corrected chi connectivity index (χ3v) is 6.73. The number of likely N-dealkylation sites (tertiary alicyclic amines) is 1. The Hall–Kier alpha value is -2.02. The van der Waals surface area contributed by atoms with Gasteiger partial charge in [0.2, 0.25) is 11.8 Å². The van der Waals surface area contributed by atoms with Crippen LogP contribution >= 0.6 is 15.9 Å². The van der Waals surface area contributed by atoms with E-state index in [0.717, 1.165) is 28.6 Å². The molecule has 0 radical (unpaired) electrons. The van der Waals surface area contributed by atoms with Gasteiger partial charge in [-0.3, -0.25) is 19.3 Å². The molecular formula is C20H20BrNO5. The van der Waals surface area contributed by atoms with Gasteiger partial charge in [-0.2, -0.15) is 0 Å². The quantitative estimate of drug-likeness (QED) is 0.404. The number of imide groups is 1. The lowest BCUT2D eigenvalue weighted by atomic mass is 9.81. The molecule has 2 aliphatic carbocycles. The zero-order valence-electron chi connectivity index (χ0n) is 14.9. The Bertz CT molecular complexity index is 792. The molecule has 1 saturated heterocycles. The summed E-state index contributed by atoms with van der Waals surface area (Å²) in [5.74, 6) is -1.56. The molecule has 2 saturated carbocycles. The summed E-state index contributed by atoms with van der Waals surface area (Å²) >= 11 is 3.29. The van der Waals surface area contributed by atoms with Crippen LogP contribution in [-0.2, 0) is 19.1 Å². The van der Waals surface area contributed by atoms with Crippen molar-refractivity contribution in [3.63, 3.8) is 0 Å². The monoisotopic (exact) mass is 433 g/mol. The van der Waals surface area contributed by atoms with Gasteiger partial charge in [0.05, 0.1) is 11.8 Å². The lowest BCUT2D eigenvalue weighted by Gasteiger charge is -2.22. The fourth-order valence-corrected chi connectivity index (χ4v) is 5.16. The van der Waals surface area contributed by atoms with E-state index in [1.54, 1.807) is 24.3 Å². The normalized spacial score (nSPS) is 29.8. The SMILES string of the molecule is C[C@H](C(=O)OCC(=O)c1ccc(Br)cc1)N1C(=O)[C@H]2[C@@H]3CC[C@H](C3)[C@@H]2C1=O. The minimum atomic E-state index is -1.01. The first-order valence-electron chi connectivity index (χ1n) is 9.20. The van der Waals surface area contributed by atoms with Crippen LogP contribution < -0.4 is 0 Å². The van der Waals surface area contributed by atoms with E-state index in [9.17, 15) is 19.2 Å². The van der Waals surface area contributed by atoms with Crippen LogP contribution in [0.5, 0.6) is 0 Å². The second kappa shape index (κ2) is 6.86. The lowest BCUT2D eigenvalue weighted by Crippen LogP contribution is -2.45. The number of fused-ring (bicyclic) bond motifs is 5. The molecule has 1 aliphatic heterocycles. The van der Waals surface area contributed by atoms with Gasteiger partial charge in [0.1, 0.15) is 6.04 Å². The summed E-state index contributed by atoms with van der Waals surface area (Å²) in [6.07, 6.45) is 2.92. The Morgan fingerprint density at radius 1 is 1.11 bits per heavy atom. The zero-order chi connectivity index (χ0) is 19.3. The van der Waals surface area contributed by atoms with E-state index in [1.165, 1.54) is 6.92 Å². The van der Waals surface area contributed by atoms with Gasteiger partial charge in [-0.05, 0) is 50.2 Å². The molecule has 0 unspecified atom stereocenters. The molecule has 3 fully saturated rings. The summed E-state index contributed by atoms with van der Waals surface area (Å²) in [6.45, 7) is 1.07. The minimum Gasteiger partial charge on any atom is -0.456 e. The second-order valence-corrected chi connectivity index (χ2v) is 8.56. The van der Waals surface area contributed by atoms with Crippen molar-refractivity contribution in [3.8, 4) is 0 Å². The number of esters is 1. The van der Waals surface area contributed by atoms with Crippen LogP contribution in [0.2, 0.25) is 0 Å². The van der Waals surface area contributed by atoms with Crippen LogP contribution in [0.15, 0.2) is 28.7 Å². The summed E-state index contributed by atoms with van der Waals surface area (Å²) in [7, 11) is 0. The predicted molar refractivity (Wildman–Crippen MR) is 98.6 cm³/mol. The molecule has 2 bridgehead atoms. The molecule has 6 nitrogen and oxygen atoms in total. The molecule has 142 valence electrons. The fraction of sp³-hybridized carbons (Fsp3) is 0.500. The molecule has 0 N–H and O–H groups in total. The van der Waals surface area contributed by atoms with Gasteiger partial charge in [0.15, 0.2) is 12.4 Å². The maximum absolute atomic E-state index is 12.8. The van der Waals surface area contributed by atoms with Crippen LogP contribution in [0.3, 0.4) is 0 Å². The maximum atomic E-state index is 12.8. The molecule has 4 rings (SSSR count). The van der Waals surface area contributed by atoms with Crippen molar-refractivity contribution in [1.82, 2.24) is 4.90 Å². The third kappa shape index (κ3) is 3.02. The molecular weight excluding hydrogens is 414 g/mol. The van der Waals surface area contributed by atoms with Crippen LogP contribution in [0.4, 0.5) is 0 Å². The molecule has 0 aromatic heterocycles. The molecule has 1 aromatic carbocycles. The first kappa shape index (κ1) is 18.3. The average Bonchev–Trinajstić information content (AvgIpc) is 3.33. The van der Waals surface area contributed by atoms with E-state index in [0.29, 0.717) is 5.56 Å². The summed E-state index contributed by atoms with van der Waals surface area (Å²) < 4.78 is 5.95. The van der Waals surface area contributed by atoms with Crippen molar-refractivity contribution >= 4 is 39.5 Å². The van der Waals surface area contributed by atoms with E-state index in [2.05, 4.69) is 15.9 Å². The predicted octanol–water partition coefficient (Wildman–Crippen LogP) is 2.59. The summed E-state index contributed by atoms with van der Waals surface area (Å²) in [5.41, 5.74) is 0.429. The Morgan fingerprint density at radius 2 is 1.67 bits per heavy atom. The number of halogens is 1. The number of ether oxygens (including phenoxy) is 1. The first-order valence-corrected chi connectivity index (χ1v) is 10.00. The number of rotatable bonds is 5. The molecule has 2 amide bonds. The highest BCUT2D eigenvalue weighted by atomic mass is 79.9. The average molecular weight is 434 g/mol. The standard InChI is InChI=1S/C20H20BrNO5/c1-10(20(26)27-9-15(23)11-4-6-14(21)7-5-11)22-18(24)16-12-2-3-13(8-12)17(16)19(22)25/h4-7,10,12-13,16-17H,2-3,8-9H2,1H3/t10-,12-,13-,16+,17+/m1/s1. The van der Waals surface area contributed by atoms with E-state index >= 15 is 0 Å². The van der Waals surface area contributed by atoms with Gasteiger partial charge >= 0.3 is 5.97 Å². The number of hydrogen-bond donors (Lipinski definition) is 0. The Morgan fingerprint density at radius 3 is 2.22 bits per heavy atom. The van der Waals surface area contributed by atoms with E-state index in [1.807, 2.05) is 0 Å². The molecule has 7 heteroatoms.